The SMILES string of the molecule is CC.O=C(O)c1ccc(OC(F)(F)F)c([N+](=O)[O-])c1. The van der Waals surface area contributed by atoms with Crippen molar-refractivity contribution in [3.63, 3.8) is 0 Å². The lowest BCUT2D eigenvalue weighted by Gasteiger charge is -2.09. The minimum absolute atomic E-state index is 0.489. The summed E-state index contributed by atoms with van der Waals surface area (Å²) < 4.78 is 39.0. The summed E-state index contributed by atoms with van der Waals surface area (Å²) in [5.74, 6) is -2.56. The molecule has 0 aliphatic rings. The molecule has 0 bridgehead atoms. The van der Waals surface area contributed by atoms with Gasteiger partial charge in [0.2, 0.25) is 5.75 Å². The van der Waals surface area contributed by atoms with Gasteiger partial charge >= 0.3 is 18.0 Å². The van der Waals surface area contributed by atoms with Crippen molar-refractivity contribution < 1.29 is 32.7 Å². The molecule has 0 aliphatic heterocycles. The molecule has 0 saturated carbocycles. The van der Waals surface area contributed by atoms with Gasteiger partial charge in [-0.15, -0.1) is 13.2 Å². The van der Waals surface area contributed by atoms with Crippen molar-refractivity contribution in [2.24, 2.45) is 0 Å². The number of hydrogen-bond acceptors (Lipinski definition) is 4. The zero-order valence-electron chi connectivity index (χ0n) is 9.89. The standard InChI is InChI=1S/C8H4F3NO5.C2H6/c9-8(10,11)17-6-2-1-4(7(13)14)3-5(6)12(15)16;1-2/h1-3H,(H,13,14);1-2H3. The molecule has 9 heteroatoms. The number of carboxylic acids is 1. The summed E-state index contributed by atoms with van der Waals surface area (Å²) >= 11 is 0. The van der Waals surface area contributed by atoms with Crippen molar-refractivity contribution in [3.05, 3.63) is 33.9 Å². The first-order chi connectivity index (χ1) is 8.70. The quantitative estimate of drug-likeness (QED) is 0.678. The molecule has 0 atom stereocenters. The first kappa shape index (κ1) is 16.7. The van der Waals surface area contributed by atoms with Gasteiger partial charge in [-0.1, -0.05) is 13.8 Å². The Hall–Kier alpha value is -2.32. The lowest BCUT2D eigenvalue weighted by atomic mass is 10.2. The van der Waals surface area contributed by atoms with Gasteiger partial charge in [-0.3, -0.25) is 10.1 Å². The predicted octanol–water partition coefficient (Wildman–Crippen LogP) is 3.22. The Bertz CT molecular complexity index is 473. The Kier molecular flexibility index (Phi) is 5.77. The maximum atomic E-state index is 11.9. The molecule has 0 aromatic heterocycles. The number of benzene rings is 1. The number of rotatable bonds is 3. The Morgan fingerprint density at radius 1 is 1.37 bits per heavy atom. The van der Waals surface area contributed by atoms with Crippen molar-refractivity contribution in [1.29, 1.82) is 0 Å². The third-order valence-corrected chi connectivity index (χ3v) is 1.63. The van der Waals surface area contributed by atoms with Gasteiger partial charge in [-0.05, 0) is 12.1 Å². The topological polar surface area (TPSA) is 89.7 Å². The number of carbonyl (C=O) groups is 1. The van der Waals surface area contributed by atoms with E-state index in [1.165, 1.54) is 0 Å². The van der Waals surface area contributed by atoms with E-state index < -0.39 is 34.3 Å². The fraction of sp³-hybridized carbons (Fsp3) is 0.300. The van der Waals surface area contributed by atoms with Crippen molar-refractivity contribution >= 4 is 11.7 Å². The molecule has 0 unspecified atom stereocenters. The molecule has 0 heterocycles. The Labute approximate surface area is 105 Å². The highest BCUT2D eigenvalue weighted by molar-refractivity contribution is 5.88. The Morgan fingerprint density at radius 2 is 1.89 bits per heavy atom. The van der Waals surface area contributed by atoms with Crippen LogP contribution >= 0.6 is 0 Å². The van der Waals surface area contributed by atoms with Crippen LogP contribution in [-0.2, 0) is 0 Å². The van der Waals surface area contributed by atoms with E-state index >= 15 is 0 Å². The largest absolute Gasteiger partial charge is 0.573 e. The molecule has 0 saturated heterocycles. The van der Waals surface area contributed by atoms with Crippen LogP contribution in [-0.4, -0.2) is 22.4 Å². The number of halogens is 3. The van der Waals surface area contributed by atoms with Gasteiger partial charge in [0, 0.05) is 6.07 Å². The van der Waals surface area contributed by atoms with E-state index in [2.05, 4.69) is 4.74 Å². The average Bonchev–Trinajstić information content (AvgIpc) is 2.29. The van der Waals surface area contributed by atoms with Crippen molar-refractivity contribution in [2.45, 2.75) is 20.2 Å². The molecule has 0 radical (unpaired) electrons. The number of nitro benzene ring substituents is 1. The average molecular weight is 281 g/mol. The van der Waals surface area contributed by atoms with Gasteiger partial charge in [-0.2, -0.15) is 0 Å². The normalized spacial score (nSPS) is 10.2. The van der Waals surface area contributed by atoms with Crippen LogP contribution in [0.3, 0.4) is 0 Å². The molecule has 106 valence electrons. The summed E-state index contributed by atoms with van der Waals surface area (Å²) in [6.07, 6.45) is -5.09. The Morgan fingerprint density at radius 3 is 2.26 bits per heavy atom. The molecular formula is C10H10F3NO5. The predicted molar refractivity (Wildman–Crippen MR) is 58.1 cm³/mol. The summed E-state index contributed by atoms with van der Waals surface area (Å²) in [6, 6.07) is 1.84. The summed E-state index contributed by atoms with van der Waals surface area (Å²) in [6.45, 7) is 4.00. The van der Waals surface area contributed by atoms with E-state index in [4.69, 9.17) is 5.11 Å². The van der Waals surface area contributed by atoms with E-state index in [0.29, 0.717) is 12.1 Å². The minimum Gasteiger partial charge on any atom is -0.478 e. The maximum absolute atomic E-state index is 11.9. The van der Waals surface area contributed by atoms with E-state index in [-0.39, 0.29) is 0 Å². The fourth-order valence-electron chi connectivity index (χ4n) is 1.00. The summed E-state index contributed by atoms with van der Waals surface area (Å²) in [5, 5.41) is 19.0. The first-order valence-corrected chi connectivity index (χ1v) is 4.98. The Balaban J connectivity index is 0.00000154. The van der Waals surface area contributed by atoms with Crippen LogP contribution in [0.1, 0.15) is 24.2 Å². The number of hydrogen-bond donors (Lipinski definition) is 1. The van der Waals surface area contributed by atoms with Gasteiger partial charge in [-0.25, -0.2) is 4.79 Å². The first-order valence-electron chi connectivity index (χ1n) is 4.98. The number of alkyl halides is 3. The van der Waals surface area contributed by atoms with Gasteiger partial charge in [0.05, 0.1) is 10.5 Å². The number of aromatic carboxylic acids is 1. The number of ether oxygens (including phenoxy) is 1. The highest BCUT2D eigenvalue weighted by atomic mass is 19.4. The molecule has 1 N–H and O–H groups in total. The number of nitro groups is 1. The van der Waals surface area contributed by atoms with E-state index in [1.807, 2.05) is 13.8 Å². The minimum atomic E-state index is -5.09. The smallest absolute Gasteiger partial charge is 0.478 e. The van der Waals surface area contributed by atoms with Gasteiger partial charge in [0.1, 0.15) is 0 Å². The molecule has 0 spiro atoms. The summed E-state index contributed by atoms with van der Waals surface area (Å²) in [4.78, 5) is 19.8. The third kappa shape index (κ3) is 5.23. The second-order valence-corrected chi connectivity index (χ2v) is 2.79. The van der Waals surface area contributed by atoms with E-state index in [9.17, 15) is 28.1 Å². The highest BCUT2D eigenvalue weighted by Gasteiger charge is 2.34. The van der Waals surface area contributed by atoms with Crippen LogP contribution in [0, 0.1) is 10.1 Å². The zero-order chi connectivity index (χ0) is 15.2. The molecule has 1 aromatic rings. The molecule has 0 fully saturated rings. The van der Waals surface area contributed by atoms with Crippen LogP contribution < -0.4 is 4.74 Å². The number of carboxylic acid groups (broad SMARTS) is 1. The van der Waals surface area contributed by atoms with Crippen LogP contribution in [0.25, 0.3) is 0 Å². The van der Waals surface area contributed by atoms with Crippen LogP contribution in [0.5, 0.6) is 5.75 Å². The molecule has 0 amide bonds. The van der Waals surface area contributed by atoms with Crippen LogP contribution in [0.4, 0.5) is 18.9 Å². The molecule has 0 aliphatic carbocycles. The molecular weight excluding hydrogens is 271 g/mol. The zero-order valence-corrected chi connectivity index (χ0v) is 9.89. The molecule has 19 heavy (non-hydrogen) atoms. The van der Waals surface area contributed by atoms with Gasteiger partial charge in [0.25, 0.3) is 0 Å². The van der Waals surface area contributed by atoms with E-state index in [0.717, 1.165) is 6.07 Å². The van der Waals surface area contributed by atoms with Gasteiger partial charge < -0.3 is 9.84 Å². The molecule has 1 rings (SSSR count). The van der Waals surface area contributed by atoms with Crippen LogP contribution in [0.2, 0.25) is 0 Å². The third-order valence-electron chi connectivity index (χ3n) is 1.63. The van der Waals surface area contributed by atoms with Crippen molar-refractivity contribution in [2.75, 3.05) is 0 Å². The lowest BCUT2D eigenvalue weighted by Crippen LogP contribution is -2.18. The fourth-order valence-corrected chi connectivity index (χ4v) is 1.00. The van der Waals surface area contributed by atoms with Crippen molar-refractivity contribution in [3.8, 4) is 5.75 Å². The molecule has 6 nitrogen and oxygen atoms in total. The summed E-state index contributed by atoms with van der Waals surface area (Å²) in [5.41, 5.74) is -1.58. The second kappa shape index (κ2) is 6.57. The number of nitrogens with zero attached hydrogens (tertiary/aromatic N) is 1. The highest BCUT2D eigenvalue weighted by Crippen LogP contribution is 2.32. The van der Waals surface area contributed by atoms with Crippen LogP contribution in [0.15, 0.2) is 18.2 Å². The van der Waals surface area contributed by atoms with Crippen molar-refractivity contribution in [1.82, 2.24) is 0 Å². The second-order valence-electron chi connectivity index (χ2n) is 2.79. The maximum Gasteiger partial charge on any atom is 0.573 e. The summed E-state index contributed by atoms with van der Waals surface area (Å²) in [7, 11) is 0. The monoisotopic (exact) mass is 281 g/mol. The van der Waals surface area contributed by atoms with Gasteiger partial charge in [0.15, 0.2) is 0 Å². The lowest BCUT2D eigenvalue weighted by molar-refractivity contribution is -0.388. The molecule has 1 aromatic carbocycles. The van der Waals surface area contributed by atoms with E-state index in [1.54, 1.807) is 0 Å².